The zero-order chi connectivity index (χ0) is 22.0. The first-order chi connectivity index (χ1) is 15.0. The summed E-state index contributed by atoms with van der Waals surface area (Å²) in [5, 5.41) is 0. The molecule has 2 aromatic carbocycles. The molecular formula is C26H32FNO3. The number of halogens is 1. The highest BCUT2D eigenvalue weighted by Gasteiger charge is 2.29. The van der Waals surface area contributed by atoms with Gasteiger partial charge in [0.05, 0.1) is 26.4 Å². The number of methoxy groups -OCH3 is 1. The number of hydrogen-bond acceptors (Lipinski definition) is 3. The first-order valence-corrected chi connectivity index (χ1v) is 11.2. The Morgan fingerprint density at radius 1 is 1.19 bits per heavy atom. The minimum atomic E-state index is -0.312. The van der Waals surface area contributed by atoms with Crippen molar-refractivity contribution in [2.45, 2.75) is 50.5 Å². The highest BCUT2D eigenvalue weighted by molar-refractivity contribution is 5.94. The SMILES string of the molecule is COc1cc([C@@H](C)C[C@H]2CC[C@@H](c3ccc(C(=O)N(C)C4COC4)cc3)C2)ccc1F. The van der Waals surface area contributed by atoms with Gasteiger partial charge in [0, 0.05) is 12.6 Å². The predicted molar refractivity (Wildman–Crippen MR) is 119 cm³/mol. The van der Waals surface area contributed by atoms with Gasteiger partial charge in [-0.3, -0.25) is 4.79 Å². The van der Waals surface area contributed by atoms with Gasteiger partial charge in [-0.2, -0.15) is 0 Å². The summed E-state index contributed by atoms with van der Waals surface area (Å²) in [5.41, 5.74) is 3.20. The van der Waals surface area contributed by atoms with Crippen LogP contribution in [0.1, 0.15) is 65.9 Å². The van der Waals surface area contributed by atoms with E-state index in [1.165, 1.54) is 31.6 Å². The molecule has 4 nitrogen and oxygen atoms in total. The lowest BCUT2D eigenvalue weighted by atomic mass is 9.88. The maximum absolute atomic E-state index is 13.7. The molecule has 2 aromatic rings. The summed E-state index contributed by atoms with van der Waals surface area (Å²) in [6, 6.07) is 13.6. The molecule has 3 atom stereocenters. The standard InChI is InChI=1S/C26H32FNO3/c1-17(21-10-11-24(27)25(14-21)30-3)12-18-4-5-22(13-18)19-6-8-20(9-7-19)26(29)28(2)23-15-31-16-23/h6-11,14,17-18,22-23H,4-5,12-13,15-16H2,1-3H3/t17-,18+,22+/m0/s1. The average Bonchev–Trinajstić information content (AvgIpc) is 3.20. The van der Waals surface area contributed by atoms with E-state index in [4.69, 9.17) is 9.47 Å². The molecule has 0 radical (unpaired) electrons. The van der Waals surface area contributed by atoms with Crippen LogP contribution in [0, 0.1) is 11.7 Å². The minimum Gasteiger partial charge on any atom is -0.494 e. The van der Waals surface area contributed by atoms with Crippen molar-refractivity contribution >= 4 is 5.91 Å². The summed E-state index contributed by atoms with van der Waals surface area (Å²) in [4.78, 5) is 14.4. The predicted octanol–water partition coefficient (Wildman–Crippen LogP) is 5.38. The van der Waals surface area contributed by atoms with Gasteiger partial charge in [0.15, 0.2) is 11.6 Å². The zero-order valence-electron chi connectivity index (χ0n) is 18.6. The van der Waals surface area contributed by atoms with E-state index in [-0.39, 0.29) is 17.8 Å². The Morgan fingerprint density at radius 2 is 1.94 bits per heavy atom. The van der Waals surface area contributed by atoms with E-state index in [1.54, 1.807) is 4.90 Å². The van der Waals surface area contributed by atoms with Gasteiger partial charge in [-0.15, -0.1) is 0 Å². The smallest absolute Gasteiger partial charge is 0.254 e. The van der Waals surface area contributed by atoms with Gasteiger partial charge in [0.1, 0.15) is 0 Å². The van der Waals surface area contributed by atoms with Gasteiger partial charge in [0.2, 0.25) is 0 Å². The Hall–Kier alpha value is -2.40. The van der Waals surface area contributed by atoms with Gasteiger partial charge in [-0.1, -0.05) is 25.1 Å². The van der Waals surface area contributed by atoms with Crippen LogP contribution in [0.25, 0.3) is 0 Å². The fourth-order valence-electron chi connectivity index (χ4n) is 4.92. The van der Waals surface area contributed by atoms with Crippen LogP contribution in [-0.4, -0.2) is 44.2 Å². The molecule has 1 saturated carbocycles. The van der Waals surface area contributed by atoms with Crippen molar-refractivity contribution in [2.75, 3.05) is 27.4 Å². The number of carbonyl (C=O) groups is 1. The van der Waals surface area contributed by atoms with E-state index in [0.29, 0.717) is 36.7 Å². The van der Waals surface area contributed by atoms with Crippen LogP contribution in [-0.2, 0) is 4.74 Å². The second-order valence-electron chi connectivity index (χ2n) is 9.14. The average molecular weight is 426 g/mol. The van der Waals surface area contributed by atoms with E-state index in [1.807, 2.05) is 31.3 Å². The number of benzene rings is 2. The number of carbonyl (C=O) groups excluding carboxylic acids is 1. The zero-order valence-corrected chi connectivity index (χ0v) is 18.6. The summed E-state index contributed by atoms with van der Waals surface area (Å²) < 4.78 is 24.0. The number of rotatable bonds is 7. The van der Waals surface area contributed by atoms with E-state index in [2.05, 4.69) is 19.1 Å². The van der Waals surface area contributed by atoms with Crippen LogP contribution in [0.4, 0.5) is 4.39 Å². The van der Waals surface area contributed by atoms with Crippen molar-refractivity contribution in [1.82, 2.24) is 4.90 Å². The molecule has 1 saturated heterocycles. The van der Waals surface area contributed by atoms with Gasteiger partial charge in [0.25, 0.3) is 5.91 Å². The molecule has 1 heterocycles. The topological polar surface area (TPSA) is 38.8 Å². The highest BCUT2D eigenvalue weighted by Crippen LogP contribution is 2.42. The number of ether oxygens (including phenoxy) is 2. The fourth-order valence-corrected chi connectivity index (χ4v) is 4.92. The van der Waals surface area contributed by atoms with E-state index >= 15 is 0 Å². The maximum Gasteiger partial charge on any atom is 0.254 e. The van der Waals surface area contributed by atoms with E-state index < -0.39 is 0 Å². The van der Waals surface area contributed by atoms with Crippen molar-refractivity contribution in [1.29, 1.82) is 0 Å². The monoisotopic (exact) mass is 425 g/mol. The summed E-state index contributed by atoms with van der Waals surface area (Å²) in [7, 11) is 3.36. The molecule has 2 fully saturated rings. The largest absolute Gasteiger partial charge is 0.494 e. The molecule has 2 aliphatic rings. The number of likely N-dealkylation sites (N-methyl/N-ethyl adjacent to an activating group) is 1. The maximum atomic E-state index is 13.7. The normalized spacial score (nSPS) is 22.1. The first-order valence-electron chi connectivity index (χ1n) is 11.2. The van der Waals surface area contributed by atoms with Crippen LogP contribution in [0.2, 0.25) is 0 Å². The molecule has 0 unspecified atom stereocenters. The Bertz CT molecular complexity index is 909. The third kappa shape index (κ3) is 4.77. The quantitative estimate of drug-likeness (QED) is 0.598. The molecule has 0 N–H and O–H groups in total. The lowest BCUT2D eigenvalue weighted by Gasteiger charge is -2.34. The molecule has 5 heteroatoms. The van der Waals surface area contributed by atoms with Crippen LogP contribution in [0.5, 0.6) is 5.75 Å². The Kier molecular flexibility index (Phi) is 6.61. The van der Waals surface area contributed by atoms with Crippen molar-refractivity contribution < 1.29 is 18.7 Å². The van der Waals surface area contributed by atoms with Crippen LogP contribution >= 0.6 is 0 Å². The molecule has 0 aromatic heterocycles. The second kappa shape index (κ2) is 9.39. The summed E-state index contributed by atoms with van der Waals surface area (Å²) in [6.45, 7) is 3.48. The highest BCUT2D eigenvalue weighted by atomic mass is 19.1. The number of amides is 1. The molecule has 0 spiro atoms. The van der Waals surface area contributed by atoms with Gasteiger partial charge >= 0.3 is 0 Å². The first kappa shape index (κ1) is 21.8. The third-order valence-electron chi connectivity index (χ3n) is 7.09. The summed E-state index contributed by atoms with van der Waals surface area (Å²) in [6.07, 6.45) is 4.64. The van der Waals surface area contributed by atoms with Crippen LogP contribution in [0.3, 0.4) is 0 Å². The number of hydrogen-bond donors (Lipinski definition) is 0. The van der Waals surface area contributed by atoms with Gasteiger partial charge in [-0.25, -0.2) is 4.39 Å². The van der Waals surface area contributed by atoms with Crippen molar-refractivity contribution in [3.63, 3.8) is 0 Å². The van der Waals surface area contributed by atoms with Crippen molar-refractivity contribution in [3.8, 4) is 5.75 Å². The molecule has 31 heavy (non-hydrogen) atoms. The van der Waals surface area contributed by atoms with Crippen molar-refractivity contribution in [3.05, 3.63) is 65.0 Å². The van der Waals surface area contributed by atoms with E-state index in [9.17, 15) is 9.18 Å². The van der Waals surface area contributed by atoms with E-state index in [0.717, 1.165) is 24.0 Å². The molecular weight excluding hydrogens is 393 g/mol. The molecule has 166 valence electrons. The molecule has 0 bridgehead atoms. The second-order valence-corrected chi connectivity index (χ2v) is 9.14. The molecule has 4 rings (SSSR count). The Balaban J connectivity index is 1.33. The Morgan fingerprint density at radius 3 is 2.58 bits per heavy atom. The summed E-state index contributed by atoms with van der Waals surface area (Å²) in [5.74, 6) is 1.63. The Labute approximate surface area is 184 Å². The lowest BCUT2D eigenvalue weighted by molar-refractivity contribution is -0.0467. The third-order valence-corrected chi connectivity index (χ3v) is 7.09. The fraction of sp³-hybridized carbons (Fsp3) is 0.500. The summed E-state index contributed by atoms with van der Waals surface area (Å²) >= 11 is 0. The van der Waals surface area contributed by atoms with Crippen LogP contribution < -0.4 is 4.74 Å². The van der Waals surface area contributed by atoms with Crippen molar-refractivity contribution in [2.24, 2.45) is 5.92 Å². The van der Waals surface area contributed by atoms with Gasteiger partial charge in [-0.05, 0) is 78.8 Å². The van der Waals surface area contributed by atoms with Gasteiger partial charge < -0.3 is 14.4 Å². The number of nitrogens with zero attached hydrogens (tertiary/aromatic N) is 1. The lowest BCUT2D eigenvalue weighted by Crippen LogP contribution is -2.49. The molecule has 1 amide bonds. The molecule has 1 aliphatic heterocycles. The van der Waals surface area contributed by atoms with Crippen LogP contribution in [0.15, 0.2) is 42.5 Å². The minimum absolute atomic E-state index is 0.0627. The molecule has 1 aliphatic carbocycles.